The second-order valence-corrected chi connectivity index (χ2v) is 6.93. The van der Waals surface area contributed by atoms with Gasteiger partial charge in [0.1, 0.15) is 0 Å². The first-order valence-electron chi connectivity index (χ1n) is 7.79. The zero-order chi connectivity index (χ0) is 15.7. The second kappa shape index (κ2) is 5.92. The predicted octanol–water partition coefficient (Wildman–Crippen LogP) is 2.81. The number of nitrogens with zero attached hydrogens (tertiary/aromatic N) is 2. The van der Waals surface area contributed by atoms with Crippen LogP contribution >= 0.6 is 11.6 Å². The van der Waals surface area contributed by atoms with Gasteiger partial charge in [-0.25, -0.2) is 0 Å². The van der Waals surface area contributed by atoms with E-state index in [2.05, 4.69) is 0 Å². The van der Waals surface area contributed by atoms with Gasteiger partial charge in [-0.2, -0.15) is 0 Å². The molecule has 0 aliphatic carbocycles. The number of benzene rings is 1. The van der Waals surface area contributed by atoms with Crippen molar-refractivity contribution in [2.45, 2.75) is 26.2 Å². The SMILES string of the molecule is CC(=O)N1CCC2(CCN(C(=O)c3ccc(Cl)cc3)CC2)C1. The van der Waals surface area contributed by atoms with Crippen molar-refractivity contribution in [1.82, 2.24) is 9.80 Å². The highest BCUT2D eigenvalue weighted by Gasteiger charge is 2.42. The Morgan fingerprint density at radius 2 is 1.55 bits per heavy atom. The lowest BCUT2D eigenvalue weighted by Gasteiger charge is -2.39. The fraction of sp³-hybridized carbons (Fsp3) is 0.529. The molecule has 0 radical (unpaired) electrons. The minimum atomic E-state index is 0.0768. The van der Waals surface area contributed by atoms with Crippen LogP contribution < -0.4 is 0 Å². The monoisotopic (exact) mass is 320 g/mol. The van der Waals surface area contributed by atoms with Crippen molar-refractivity contribution in [1.29, 1.82) is 0 Å². The summed E-state index contributed by atoms with van der Waals surface area (Å²) in [5.41, 5.74) is 0.916. The largest absolute Gasteiger partial charge is 0.342 e. The molecule has 0 bridgehead atoms. The minimum Gasteiger partial charge on any atom is -0.342 e. The maximum Gasteiger partial charge on any atom is 0.253 e. The molecule has 5 heteroatoms. The van der Waals surface area contributed by atoms with Gasteiger partial charge in [-0.1, -0.05) is 11.6 Å². The summed E-state index contributed by atoms with van der Waals surface area (Å²) in [6.07, 6.45) is 3.03. The molecule has 2 amide bonds. The van der Waals surface area contributed by atoms with Crippen molar-refractivity contribution >= 4 is 23.4 Å². The van der Waals surface area contributed by atoms with Gasteiger partial charge >= 0.3 is 0 Å². The minimum absolute atomic E-state index is 0.0768. The van der Waals surface area contributed by atoms with Gasteiger partial charge in [0.05, 0.1) is 0 Å². The highest BCUT2D eigenvalue weighted by Crippen LogP contribution is 2.40. The molecule has 2 aliphatic heterocycles. The normalized spacial score (nSPS) is 20.5. The molecule has 0 atom stereocenters. The molecular weight excluding hydrogens is 300 g/mol. The van der Waals surface area contributed by atoms with Gasteiger partial charge in [-0.3, -0.25) is 9.59 Å². The van der Waals surface area contributed by atoms with E-state index in [1.807, 2.05) is 9.80 Å². The van der Waals surface area contributed by atoms with Crippen LogP contribution in [0, 0.1) is 5.41 Å². The number of rotatable bonds is 1. The molecule has 1 spiro atoms. The van der Waals surface area contributed by atoms with Crippen molar-refractivity contribution in [2.75, 3.05) is 26.2 Å². The lowest BCUT2D eigenvalue weighted by atomic mass is 9.77. The summed E-state index contributed by atoms with van der Waals surface area (Å²) < 4.78 is 0. The Kier molecular flexibility index (Phi) is 4.13. The summed E-state index contributed by atoms with van der Waals surface area (Å²) in [4.78, 5) is 27.9. The van der Waals surface area contributed by atoms with Crippen LogP contribution in [-0.4, -0.2) is 47.8 Å². The molecule has 22 heavy (non-hydrogen) atoms. The zero-order valence-electron chi connectivity index (χ0n) is 12.8. The number of amides is 2. The highest BCUT2D eigenvalue weighted by atomic mass is 35.5. The summed E-state index contributed by atoms with van der Waals surface area (Å²) in [6, 6.07) is 7.06. The molecule has 2 fully saturated rings. The number of carbonyl (C=O) groups is 2. The average Bonchev–Trinajstić information content (AvgIpc) is 2.92. The maximum atomic E-state index is 12.5. The van der Waals surface area contributed by atoms with Crippen LogP contribution in [-0.2, 0) is 4.79 Å². The van der Waals surface area contributed by atoms with Gasteiger partial charge in [-0.05, 0) is 48.9 Å². The van der Waals surface area contributed by atoms with Crippen LogP contribution in [0.5, 0.6) is 0 Å². The molecule has 2 saturated heterocycles. The van der Waals surface area contributed by atoms with Gasteiger partial charge in [-0.15, -0.1) is 0 Å². The molecule has 2 heterocycles. The lowest BCUT2D eigenvalue weighted by molar-refractivity contribution is -0.128. The Labute approximate surface area is 136 Å². The van der Waals surface area contributed by atoms with Gasteiger partial charge in [0, 0.05) is 43.7 Å². The van der Waals surface area contributed by atoms with Crippen molar-refractivity contribution in [3.63, 3.8) is 0 Å². The summed E-state index contributed by atoms with van der Waals surface area (Å²) in [5.74, 6) is 0.240. The van der Waals surface area contributed by atoms with Crippen LogP contribution in [0.1, 0.15) is 36.5 Å². The second-order valence-electron chi connectivity index (χ2n) is 6.49. The smallest absolute Gasteiger partial charge is 0.253 e. The summed E-state index contributed by atoms with van der Waals surface area (Å²) >= 11 is 5.87. The molecule has 118 valence electrons. The topological polar surface area (TPSA) is 40.6 Å². The summed E-state index contributed by atoms with van der Waals surface area (Å²) in [6.45, 7) is 4.89. The Morgan fingerprint density at radius 1 is 1.00 bits per heavy atom. The van der Waals surface area contributed by atoms with Crippen LogP contribution in [0.25, 0.3) is 0 Å². The number of piperidine rings is 1. The third-order valence-corrected chi connectivity index (χ3v) is 5.34. The summed E-state index contributed by atoms with van der Waals surface area (Å²) in [7, 11) is 0. The Bertz CT molecular complexity index is 577. The number of hydrogen-bond acceptors (Lipinski definition) is 2. The maximum absolute atomic E-state index is 12.5. The first-order valence-corrected chi connectivity index (χ1v) is 8.17. The van der Waals surface area contributed by atoms with Gasteiger partial charge < -0.3 is 9.80 Å². The van der Waals surface area contributed by atoms with E-state index in [1.54, 1.807) is 31.2 Å². The van der Waals surface area contributed by atoms with Crippen molar-refractivity contribution in [2.24, 2.45) is 5.41 Å². The van der Waals surface area contributed by atoms with Gasteiger partial charge in [0.15, 0.2) is 0 Å². The zero-order valence-corrected chi connectivity index (χ0v) is 13.6. The van der Waals surface area contributed by atoms with Crippen molar-refractivity contribution in [3.05, 3.63) is 34.9 Å². The molecule has 0 saturated carbocycles. The summed E-state index contributed by atoms with van der Waals surface area (Å²) in [5, 5.41) is 0.643. The third-order valence-electron chi connectivity index (χ3n) is 5.09. The van der Waals surface area contributed by atoms with Crippen LogP contribution in [0.2, 0.25) is 5.02 Å². The molecule has 0 N–H and O–H groups in total. The first-order chi connectivity index (χ1) is 10.5. The Hall–Kier alpha value is -1.55. The van der Waals surface area contributed by atoms with E-state index in [0.29, 0.717) is 10.6 Å². The number of halogens is 1. The van der Waals surface area contributed by atoms with Crippen LogP contribution in [0.4, 0.5) is 0 Å². The molecule has 0 aromatic heterocycles. The lowest BCUT2D eigenvalue weighted by Crippen LogP contribution is -2.44. The van der Waals surface area contributed by atoms with Crippen LogP contribution in [0.15, 0.2) is 24.3 Å². The molecular formula is C17H21ClN2O2. The van der Waals surface area contributed by atoms with E-state index in [1.165, 1.54) is 0 Å². The molecule has 1 aromatic rings. The average molecular weight is 321 g/mol. The number of hydrogen-bond donors (Lipinski definition) is 0. The fourth-order valence-electron chi connectivity index (χ4n) is 3.57. The van der Waals surface area contributed by atoms with E-state index >= 15 is 0 Å². The van der Waals surface area contributed by atoms with E-state index in [9.17, 15) is 9.59 Å². The predicted molar refractivity (Wildman–Crippen MR) is 85.9 cm³/mol. The standard InChI is InChI=1S/C17H21ClN2O2/c1-13(21)20-11-8-17(12-20)6-9-19(10-7-17)16(22)14-2-4-15(18)5-3-14/h2-5H,6-12H2,1H3. The van der Waals surface area contributed by atoms with Gasteiger partial charge in [0.2, 0.25) is 5.91 Å². The van der Waals surface area contributed by atoms with E-state index in [-0.39, 0.29) is 17.2 Å². The van der Waals surface area contributed by atoms with Crippen molar-refractivity contribution < 1.29 is 9.59 Å². The fourth-order valence-corrected chi connectivity index (χ4v) is 3.70. The number of carbonyl (C=O) groups excluding carboxylic acids is 2. The Balaban J connectivity index is 1.61. The van der Waals surface area contributed by atoms with E-state index in [0.717, 1.165) is 45.4 Å². The van der Waals surface area contributed by atoms with Crippen LogP contribution in [0.3, 0.4) is 0 Å². The highest BCUT2D eigenvalue weighted by molar-refractivity contribution is 6.30. The first kappa shape index (κ1) is 15.3. The Morgan fingerprint density at radius 3 is 2.05 bits per heavy atom. The van der Waals surface area contributed by atoms with Crippen molar-refractivity contribution in [3.8, 4) is 0 Å². The third kappa shape index (κ3) is 2.98. The molecule has 4 nitrogen and oxygen atoms in total. The molecule has 0 unspecified atom stereocenters. The molecule has 3 rings (SSSR count). The molecule has 1 aromatic carbocycles. The quantitative estimate of drug-likeness (QED) is 0.798. The number of likely N-dealkylation sites (tertiary alicyclic amines) is 2. The molecule has 2 aliphatic rings. The van der Waals surface area contributed by atoms with Gasteiger partial charge in [0.25, 0.3) is 5.91 Å². The van der Waals surface area contributed by atoms with E-state index < -0.39 is 0 Å². The van der Waals surface area contributed by atoms with E-state index in [4.69, 9.17) is 11.6 Å².